The number of hydrogen-bond donors (Lipinski definition) is 1. The molecule has 2 aromatic heterocycles. The minimum Gasteiger partial charge on any atom is -0.476 e. The second-order valence-electron chi connectivity index (χ2n) is 6.95. The normalized spacial score (nSPS) is 14.5. The predicted molar refractivity (Wildman–Crippen MR) is 101 cm³/mol. The maximum absolute atomic E-state index is 13.1. The Bertz CT molecular complexity index is 992. The van der Waals surface area contributed by atoms with Gasteiger partial charge in [0, 0.05) is 44.2 Å². The van der Waals surface area contributed by atoms with Crippen molar-refractivity contribution >= 4 is 11.9 Å². The molecule has 1 N–H and O–H groups in total. The van der Waals surface area contributed by atoms with Gasteiger partial charge in [0.05, 0.1) is 12.2 Å². The zero-order valence-electron chi connectivity index (χ0n) is 15.5. The smallest absolute Gasteiger partial charge is 0.356 e. The van der Waals surface area contributed by atoms with E-state index in [2.05, 4.69) is 5.10 Å². The lowest BCUT2D eigenvalue weighted by Gasteiger charge is -2.29. The van der Waals surface area contributed by atoms with Gasteiger partial charge in [0.25, 0.3) is 0 Å². The van der Waals surface area contributed by atoms with E-state index in [4.69, 9.17) is 4.42 Å². The Labute approximate surface area is 162 Å². The number of aryl methyl sites for hydroxylation is 1. The summed E-state index contributed by atoms with van der Waals surface area (Å²) in [7, 11) is 1.74. The van der Waals surface area contributed by atoms with Crippen LogP contribution in [0.4, 0.5) is 0 Å². The third kappa shape index (κ3) is 3.31. The van der Waals surface area contributed by atoms with Crippen LogP contribution in [0.3, 0.4) is 0 Å². The summed E-state index contributed by atoms with van der Waals surface area (Å²) in [5.74, 6) is -0.539. The number of aromatic nitrogens is 2. The van der Waals surface area contributed by atoms with Crippen LogP contribution >= 0.6 is 0 Å². The van der Waals surface area contributed by atoms with Crippen molar-refractivity contribution in [2.24, 2.45) is 7.05 Å². The summed E-state index contributed by atoms with van der Waals surface area (Å²) in [4.78, 5) is 26.3. The first-order valence-corrected chi connectivity index (χ1v) is 9.18. The molecule has 4 rings (SSSR count). The van der Waals surface area contributed by atoms with Crippen molar-refractivity contribution in [1.82, 2.24) is 14.7 Å². The number of carboxylic acids is 1. The van der Waals surface area contributed by atoms with E-state index in [0.29, 0.717) is 18.5 Å². The van der Waals surface area contributed by atoms with Gasteiger partial charge in [0.15, 0.2) is 5.69 Å². The largest absolute Gasteiger partial charge is 0.476 e. The van der Waals surface area contributed by atoms with Gasteiger partial charge in [0.1, 0.15) is 5.76 Å². The molecule has 1 aromatic carbocycles. The van der Waals surface area contributed by atoms with Gasteiger partial charge in [-0.1, -0.05) is 30.3 Å². The number of aromatic carboxylic acids is 1. The van der Waals surface area contributed by atoms with Crippen LogP contribution in [0.15, 0.2) is 53.1 Å². The van der Waals surface area contributed by atoms with Crippen LogP contribution in [0.1, 0.15) is 45.4 Å². The molecule has 1 atom stereocenters. The Morgan fingerprint density at radius 1 is 1.21 bits per heavy atom. The number of amides is 1. The van der Waals surface area contributed by atoms with Crippen molar-refractivity contribution in [3.63, 3.8) is 0 Å². The topological polar surface area (TPSA) is 88.6 Å². The third-order valence-corrected chi connectivity index (χ3v) is 5.26. The second-order valence-corrected chi connectivity index (χ2v) is 6.95. The lowest BCUT2D eigenvalue weighted by atomic mass is 9.92. The number of carbonyl (C=O) groups excluding carboxylic acids is 1. The first kappa shape index (κ1) is 18.0. The molecule has 1 aliphatic rings. The van der Waals surface area contributed by atoms with Crippen LogP contribution in [-0.2, 0) is 24.8 Å². The first-order valence-electron chi connectivity index (χ1n) is 9.18. The molecule has 0 spiro atoms. The van der Waals surface area contributed by atoms with E-state index in [9.17, 15) is 14.7 Å². The predicted octanol–water partition coefficient (Wildman–Crippen LogP) is 2.82. The highest BCUT2D eigenvalue weighted by Crippen LogP contribution is 2.30. The fourth-order valence-electron chi connectivity index (χ4n) is 3.84. The zero-order valence-corrected chi connectivity index (χ0v) is 15.5. The molecule has 0 radical (unpaired) electrons. The Kier molecular flexibility index (Phi) is 4.73. The number of furan rings is 1. The van der Waals surface area contributed by atoms with E-state index >= 15 is 0 Å². The standard InChI is InChI=1S/C21H21N3O4/c1-23-17-9-10-24(13-16(17)20(22-23)21(26)27)19(25)12-15(18-8-5-11-28-18)14-6-3-2-4-7-14/h2-8,11,15H,9-10,12-13H2,1H3,(H,26,27)/t15-/m1/s1. The number of benzene rings is 1. The SMILES string of the molecule is Cn1nc(C(=O)O)c2c1CCN(C(=O)C[C@H](c1ccccc1)c1ccco1)C2. The molecule has 0 unspecified atom stereocenters. The van der Waals surface area contributed by atoms with Crippen LogP contribution in [0.25, 0.3) is 0 Å². The lowest BCUT2D eigenvalue weighted by molar-refractivity contribution is -0.132. The summed E-state index contributed by atoms with van der Waals surface area (Å²) in [5.41, 5.74) is 2.55. The van der Waals surface area contributed by atoms with Crippen molar-refractivity contribution in [3.8, 4) is 0 Å². The Morgan fingerprint density at radius 2 is 2.00 bits per heavy atom. The molecular weight excluding hydrogens is 358 g/mol. The Morgan fingerprint density at radius 3 is 2.68 bits per heavy atom. The minimum atomic E-state index is -1.07. The van der Waals surface area contributed by atoms with Gasteiger partial charge in [0.2, 0.25) is 5.91 Å². The molecule has 144 valence electrons. The molecule has 0 fully saturated rings. The van der Waals surface area contributed by atoms with E-state index < -0.39 is 5.97 Å². The highest BCUT2D eigenvalue weighted by Gasteiger charge is 2.31. The van der Waals surface area contributed by atoms with Crippen molar-refractivity contribution in [2.45, 2.75) is 25.3 Å². The maximum Gasteiger partial charge on any atom is 0.356 e. The van der Waals surface area contributed by atoms with Gasteiger partial charge in [-0.2, -0.15) is 5.10 Å². The highest BCUT2D eigenvalue weighted by molar-refractivity contribution is 5.88. The van der Waals surface area contributed by atoms with Crippen LogP contribution in [0.2, 0.25) is 0 Å². The van der Waals surface area contributed by atoms with Gasteiger partial charge < -0.3 is 14.4 Å². The molecule has 0 saturated carbocycles. The number of carbonyl (C=O) groups is 2. The van der Waals surface area contributed by atoms with Crippen molar-refractivity contribution in [1.29, 1.82) is 0 Å². The van der Waals surface area contributed by atoms with Crippen molar-refractivity contribution < 1.29 is 19.1 Å². The van der Waals surface area contributed by atoms with Gasteiger partial charge in [-0.25, -0.2) is 4.79 Å². The Balaban J connectivity index is 1.57. The van der Waals surface area contributed by atoms with Crippen molar-refractivity contribution in [2.75, 3.05) is 6.54 Å². The van der Waals surface area contributed by atoms with Gasteiger partial charge in [-0.05, 0) is 17.7 Å². The third-order valence-electron chi connectivity index (χ3n) is 5.26. The number of carboxylic acid groups (broad SMARTS) is 1. The number of fused-ring (bicyclic) bond motifs is 1. The monoisotopic (exact) mass is 379 g/mol. The maximum atomic E-state index is 13.1. The van der Waals surface area contributed by atoms with Crippen LogP contribution in [0, 0.1) is 0 Å². The highest BCUT2D eigenvalue weighted by atomic mass is 16.4. The van der Waals surface area contributed by atoms with Gasteiger partial charge in [-0.15, -0.1) is 0 Å². The fraction of sp³-hybridized carbons (Fsp3) is 0.286. The molecule has 0 aliphatic carbocycles. The summed E-state index contributed by atoms with van der Waals surface area (Å²) in [6.07, 6.45) is 2.46. The number of rotatable bonds is 5. The molecule has 0 saturated heterocycles. The van der Waals surface area contributed by atoms with Crippen LogP contribution in [-0.4, -0.2) is 38.2 Å². The minimum absolute atomic E-state index is 0.0284. The van der Waals surface area contributed by atoms with E-state index in [1.165, 1.54) is 0 Å². The van der Waals surface area contributed by atoms with E-state index in [1.54, 1.807) is 22.9 Å². The summed E-state index contributed by atoms with van der Waals surface area (Å²) in [5, 5.41) is 13.5. The molecule has 28 heavy (non-hydrogen) atoms. The van der Waals surface area contributed by atoms with E-state index in [1.807, 2.05) is 42.5 Å². The fourth-order valence-corrected chi connectivity index (χ4v) is 3.84. The van der Waals surface area contributed by atoms with E-state index in [-0.39, 0.29) is 30.5 Å². The van der Waals surface area contributed by atoms with Crippen LogP contribution < -0.4 is 0 Å². The summed E-state index contributed by atoms with van der Waals surface area (Å²) in [6, 6.07) is 13.5. The molecule has 3 heterocycles. The first-order chi connectivity index (χ1) is 13.5. The van der Waals surface area contributed by atoms with Gasteiger partial charge >= 0.3 is 5.97 Å². The summed E-state index contributed by atoms with van der Waals surface area (Å²) >= 11 is 0. The van der Waals surface area contributed by atoms with Gasteiger partial charge in [-0.3, -0.25) is 9.48 Å². The molecule has 1 amide bonds. The molecule has 7 heteroatoms. The molecule has 0 bridgehead atoms. The number of hydrogen-bond acceptors (Lipinski definition) is 4. The quantitative estimate of drug-likeness (QED) is 0.736. The van der Waals surface area contributed by atoms with E-state index in [0.717, 1.165) is 17.0 Å². The average molecular weight is 379 g/mol. The average Bonchev–Trinajstić information content (AvgIpc) is 3.35. The number of nitrogens with zero attached hydrogens (tertiary/aromatic N) is 3. The Hall–Kier alpha value is -3.35. The molecule has 3 aromatic rings. The van der Waals surface area contributed by atoms with Crippen molar-refractivity contribution in [3.05, 3.63) is 77.0 Å². The summed E-state index contributed by atoms with van der Waals surface area (Å²) < 4.78 is 7.19. The summed E-state index contributed by atoms with van der Waals surface area (Å²) in [6.45, 7) is 0.813. The molecule has 1 aliphatic heterocycles. The molecular formula is C21H21N3O4. The second kappa shape index (κ2) is 7.34. The zero-order chi connectivity index (χ0) is 19.7. The molecule has 7 nitrogen and oxygen atoms in total. The van der Waals surface area contributed by atoms with Crippen LogP contribution in [0.5, 0.6) is 0 Å². The lowest BCUT2D eigenvalue weighted by Crippen LogP contribution is -2.37.